The number of nitrogens with one attached hydrogen (secondary N) is 1. The number of aromatic nitrogens is 5. The van der Waals surface area contributed by atoms with Gasteiger partial charge in [-0.2, -0.15) is 10.4 Å². The van der Waals surface area contributed by atoms with Gasteiger partial charge in [0.2, 0.25) is 0 Å². The Balaban J connectivity index is 1.45. The number of benzene rings is 1. The van der Waals surface area contributed by atoms with E-state index in [-0.39, 0.29) is 12.5 Å². The Morgan fingerprint density at radius 3 is 2.82 bits per heavy atom. The molecule has 1 N–H and O–H groups in total. The van der Waals surface area contributed by atoms with Crippen molar-refractivity contribution in [3.05, 3.63) is 60.8 Å². The van der Waals surface area contributed by atoms with Gasteiger partial charge in [-0.1, -0.05) is 25.0 Å². The lowest BCUT2D eigenvalue weighted by molar-refractivity contribution is 0.423. The van der Waals surface area contributed by atoms with Crippen LogP contribution in [0.5, 0.6) is 0 Å². The number of H-pyrrole nitrogens is 1. The highest BCUT2D eigenvalue weighted by molar-refractivity contribution is 7.89. The number of aromatic amines is 1. The summed E-state index contributed by atoms with van der Waals surface area (Å²) in [6.45, 7) is 1.71. The maximum atomic E-state index is 13.2. The first-order chi connectivity index (χ1) is 16.2. The summed E-state index contributed by atoms with van der Waals surface area (Å²) in [6.07, 6.45) is 11.8. The number of hydrogen-bond acceptors (Lipinski definition) is 6. The van der Waals surface area contributed by atoms with Crippen LogP contribution in [0.4, 0.5) is 0 Å². The summed E-state index contributed by atoms with van der Waals surface area (Å²) < 4.78 is 17.1. The van der Waals surface area contributed by atoms with E-state index >= 15 is 0 Å². The van der Waals surface area contributed by atoms with Crippen LogP contribution in [0.1, 0.15) is 43.7 Å². The van der Waals surface area contributed by atoms with Crippen LogP contribution in [0.2, 0.25) is 0 Å². The van der Waals surface area contributed by atoms with E-state index in [0.717, 1.165) is 58.7 Å². The SMILES string of the molecule is N#CCC(c1cccc([S+]([O-])N2CCCCCC2)c1)n1cc(-c2ncnc3[nH]ccc23)cn1. The number of hydrogen-bond donors (Lipinski definition) is 1. The van der Waals surface area contributed by atoms with Gasteiger partial charge >= 0.3 is 0 Å². The predicted molar refractivity (Wildman–Crippen MR) is 126 cm³/mol. The van der Waals surface area contributed by atoms with E-state index < -0.39 is 11.4 Å². The molecule has 2 unspecified atom stereocenters. The zero-order chi connectivity index (χ0) is 22.6. The molecule has 3 aromatic heterocycles. The Morgan fingerprint density at radius 1 is 1.15 bits per heavy atom. The number of rotatable bonds is 6. The van der Waals surface area contributed by atoms with Gasteiger partial charge in [0.05, 0.1) is 41.8 Å². The highest BCUT2D eigenvalue weighted by atomic mass is 32.2. The quantitative estimate of drug-likeness (QED) is 0.432. The highest BCUT2D eigenvalue weighted by Gasteiger charge is 2.25. The van der Waals surface area contributed by atoms with Crippen LogP contribution in [0, 0.1) is 11.3 Å². The Hall–Kier alpha value is -3.19. The molecule has 5 rings (SSSR count). The van der Waals surface area contributed by atoms with Crippen LogP contribution in [0.15, 0.2) is 60.1 Å². The minimum atomic E-state index is -1.20. The molecule has 0 aliphatic carbocycles. The van der Waals surface area contributed by atoms with Crippen LogP contribution >= 0.6 is 0 Å². The van der Waals surface area contributed by atoms with Gasteiger partial charge in [0.1, 0.15) is 12.0 Å². The van der Waals surface area contributed by atoms with E-state index in [1.165, 1.54) is 19.2 Å². The van der Waals surface area contributed by atoms with Crippen molar-refractivity contribution < 1.29 is 4.55 Å². The van der Waals surface area contributed by atoms with Crippen molar-refractivity contribution in [2.75, 3.05) is 13.1 Å². The lowest BCUT2D eigenvalue weighted by atomic mass is 10.0. The Kier molecular flexibility index (Phi) is 6.39. The number of nitrogens with zero attached hydrogens (tertiary/aromatic N) is 6. The molecule has 1 fully saturated rings. The lowest BCUT2D eigenvalue weighted by Crippen LogP contribution is -2.32. The van der Waals surface area contributed by atoms with Gasteiger partial charge in [0.15, 0.2) is 4.90 Å². The minimum absolute atomic E-state index is 0.254. The van der Waals surface area contributed by atoms with Gasteiger partial charge < -0.3 is 9.54 Å². The monoisotopic (exact) mass is 459 g/mol. The third-order valence-corrected chi connectivity index (χ3v) is 7.57. The predicted octanol–water partition coefficient (Wildman–Crippen LogP) is 4.22. The first-order valence-electron chi connectivity index (χ1n) is 11.2. The standard InChI is InChI=1S/C24H25N7OS/c25-10-8-22(18-6-5-7-20(14-18)33(32)30-12-3-1-2-4-13-30)31-16-19(15-29-31)23-21-9-11-26-24(21)28-17-27-23/h5-7,9,11,14-17,22H,1-4,8,12-13H2,(H,26,27,28). The van der Waals surface area contributed by atoms with Gasteiger partial charge in [-0.05, 0) is 30.5 Å². The molecule has 1 saturated heterocycles. The lowest BCUT2D eigenvalue weighted by Gasteiger charge is -2.23. The summed E-state index contributed by atoms with van der Waals surface area (Å²) in [5.74, 6) is 0. The van der Waals surface area contributed by atoms with Gasteiger partial charge in [-0.25, -0.2) is 9.97 Å². The maximum absolute atomic E-state index is 13.2. The molecule has 8 nitrogen and oxygen atoms in total. The zero-order valence-corrected chi connectivity index (χ0v) is 19.0. The van der Waals surface area contributed by atoms with Crippen LogP contribution in [-0.2, 0) is 11.4 Å². The molecule has 33 heavy (non-hydrogen) atoms. The van der Waals surface area contributed by atoms with E-state index in [9.17, 15) is 9.81 Å². The summed E-state index contributed by atoms with van der Waals surface area (Å²) in [6, 6.07) is 11.7. The molecule has 1 aliphatic heterocycles. The number of nitriles is 1. The topological polar surface area (TPSA) is 109 Å². The summed E-state index contributed by atoms with van der Waals surface area (Å²) in [4.78, 5) is 12.6. The molecular weight excluding hydrogens is 434 g/mol. The average Bonchev–Trinajstić information content (AvgIpc) is 3.45. The van der Waals surface area contributed by atoms with Crippen LogP contribution in [0.25, 0.3) is 22.3 Å². The smallest absolute Gasteiger partial charge is 0.174 e. The molecule has 1 aliphatic rings. The van der Waals surface area contributed by atoms with Gasteiger partial charge in [0, 0.05) is 42.5 Å². The van der Waals surface area contributed by atoms with E-state index in [1.54, 1.807) is 10.9 Å². The highest BCUT2D eigenvalue weighted by Crippen LogP contribution is 2.29. The Labute approximate surface area is 195 Å². The van der Waals surface area contributed by atoms with Crippen molar-refractivity contribution in [1.82, 2.24) is 29.0 Å². The summed E-state index contributed by atoms with van der Waals surface area (Å²) in [5.41, 5.74) is 3.33. The van der Waals surface area contributed by atoms with Crippen LogP contribution < -0.4 is 0 Å². The third-order valence-electron chi connectivity index (χ3n) is 6.08. The second kappa shape index (κ2) is 9.75. The maximum Gasteiger partial charge on any atom is 0.174 e. The minimum Gasteiger partial charge on any atom is -0.593 e. The fourth-order valence-corrected chi connectivity index (χ4v) is 5.69. The van der Waals surface area contributed by atoms with Crippen molar-refractivity contribution in [1.29, 1.82) is 5.26 Å². The van der Waals surface area contributed by atoms with E-state index in [4.69, 9.17) is 0 Å². The molecule has 2 atom stereocenters. The third kappa shape index (κ3) is 4.50. The zero-order valence-electron chi connectivity index (χ0n) is 18.2. The van der Waals surface area contributed by atoms with Crippen LogP contribution in [-0.4, -0.2) is 46.7 Å². The fraction of sp³-hybridized carbons (Fsp3) is 0.333. The molecule has 0 bridgehead atoms. The van der Waals surface area contributed by atoms with Crippen molar-refractivity contribution in [3.8, 4) is 17.3 Å². The Bertz CT molecular complexity index is 1270. The molecule has 0 amide bonds. The summed E-state index contributed by atoms with van der Waals surface area (Å²) in [5, 5.41) is 15.0. The first kappa shape index (κ1) is 21.6. The summed E-state index contributed by atoms with van der Waals surface area (Å²) in [7, 11) is 0. The molecule has 168 valence electrons. The van der Waals surface area contributed by atoms with Crippen LogP contribution in [0.3, 0.4) is 0 Å². The van der Waals surface area contributed by atoms with Gasteiger partial charge in [-0.3, -0.25) is 4.68 Å². The second-order valence-corrected chi connectivity index (χ2v) is 9.70. The summed E-state index contributed by atoms with van der Waals surface area (Å²) >= 11 is -1.20. The molecule has 0 spiro atoms. The first-order valence-corrected chi connectivity index (χ1v) is 12.3. The van der Waals surface area contributed by atoms with Crippen molar-refractivity contribution in [2.45, 2.75) is 43.0 Å². The van der Waals surface area contributed by atoms with Crippen molar-refractivity contribution in [2.24, 2.45) is 0 Å². The molecule has 4 aromatic rings. The van der Waals surface area contributed by atoms with Gasteiger partial charge in [-0.15, -0.1) is 4.31 Å². The number of fused-ring (bicyclic) bond motifs is 1. The van der Waals surface area contributed by atoms with E-state index in [1.807, 2.05) is 42.7 Å². The second-order valence-electron chi connectivity index (χ2n) is 8.21. The van der Waals surface area contributed by atoms with E-state index in [0.29, 0.717) is 0 Å². The van der Waals surface area contributed by atoms with Crippen molar-refractivity contribution >= 4 is 22.4 Å². The van der Waals surface area contributed by atoms with Gasteiger partial charge in [0.25, 0.3) is 0 Å². The van der Waals surface area contributed by atoms with E-state index in [2.05, 4.69) is 30.4 Å². The molecule has 0 saturated carbocycles. The average molecular weight is 460 g/mol. The fourth-order valence-electron chi connectivity index (χ4n) is 4.37. The normalized spacial score (nSPS) is 16.8. The van der Waals surface area contributed by atoms with Crippen molar-refractivity contribution in [3.63, 3.8) is 0 Å². The molecule has 9 heteroatoms. The molecular formula is C24H25N7OS. The molecule has 0 radical (unpaired) electrons. The Morgan fingerprint density at radius 2 is 2.00 bits per heavy atom. The molecule has 1 aromatic carbocycles. The molecule has 4 heterocycles. The largest absolute Gasteiger partial charge is 0.593 e.